The van der Waals surface area contributed by atoms with Crippen molar-refractivity contribution >= 4 is 6.01 Å². The molecule has 1 aromatic heterocycles. The predicted octanol–water partition coefficient (Wildman–Crippen LogP) is 0.744. The smallest absolute Gasteiger partial charge is 0.294 e. The number of hydrogen-bond acceptors (Lipinski definition) is 4. The quantitative estimate of drug-likeness (QED) is 0.629. The molecule has 62 valence electrons. The van der Waals surface area contributed by atoms with Crippen LogP contribution >= 0.6 is 0 Å². The zero-order chi connectivity index (χ0) is 8.10. The third-order valence-electron chi connectivity index (χ3n) is 1.28. The maximum absolute atomic E-state index is 5.31. The van der Waals surface area contributed by atoms with E-state index in [4.69, 9.17) is 10.2 Å². The second-order valence-corrected chi connectivity index (χ2v) is 2.35. The Balaban J connectivity index is 2.27. The summed E-state index contributed by atoms with van der Waals surface area (Å²) in [4.78, 5) is 3.97. The van der Waals surface area contributed by atoms with Gasteiger partial charge >= 0.3 is 0 Å². The maximum Gasteiger partial charge on any atom is 0.294 e. The first-order valence-electron chi connectivity index (χ1n) is 3.69. The highest BCUT2D eigenvalue weighted by Crippen LogP contribution is 2.05. The zero-order valence-corrected chi connectivity index (χ0v) is 6.63. The fourth-order valence-electron chi connectivity index (χ4n) is 0.734. The van der Waals surface area contributed by atoms with Crippen LogP contribution in [0, 0.1) is 6.92 Å². The van der Waals surface area contributed by atoms with Gasteiger partial charge < -0.3 is 15.5 Å². The van der Waals surface area contributed by atoms with Crippen molar-refractivity contribution in [3.63, 3.8) is 0 Å². The Morgan fingerprint density at radius 1 is 1.73 bits per heavy atom. The average molecular weight is 155 g/mol. The minimum atomic E-state index is 0.580. The van der Waals surface area contributed by atoms with Crippen LogP contribution in [-0.2, 0) is 0 Å². The van der Waals surface area contributed by atoms with Gasteiger partial charge in [0.2, 0.25) is 0 Å². The molecule has 0 saturated carbocycles. The van der Waals surface area contributed by atoms with Crippen LogP contribution in [-0.4, -0.2) is 18.1 Å². The normalized spacial score (nSPS) is 10.0. The molecule has 0 fully saturated rings. The molecule has 0 radical (unpaired) electrons. The minimum absolute atomic E-state index is 0.580. The van der Waals surface area contributed by atoms with E-state index in [0.717, 1.165) is 18.7 Å². The molecule has 0 aliphatic rings. The first kappa shape index (κ1) is 8.07. The van der Waals surface area contributed by atoms with Gasteiger partial charge in [0, 0.05) is 6.54 Å². The monoisotopic (exact) mass is 155 g/mol. The summed E-state index contributed by atoms with van der Waals surface area (Å²) in [5.74, 6) is 0.820. The summed E-state index contributed by atoms with van der Waals surface area (Å²) < 4.78 is 5.17. The number of anilines is 1. The Morgan fingerprint density at radius 2 is 2.55 bits per heavy atom. The second kappa shape index (κ2) is 3.98. The van der Waals surface area contributed by atoms with Crippen molar-refractivity contribution in [2.45, 2.75) is 13.3 Å². The van der Waals surface area contributed by atoms with Gasteiger partial charge in [-0.25, -0.2) is 4.98 Å². The highest BCUT2D eigenvalue weighted by atomic mass is 16.4. The average Bonchev–Trinajstić information content (AvgIpc) is 2.37. The molecule has 3 N–H and O–H groups in total. The molecule has 1 aromatic rings. The third-order valence-corrected chi connectivity index (χ3v) is 1.28. The lowest BCUT2D eigenvalue weighted by Gasteiger charge is -1.97. The fraction of sp³-hybridized carbons (Fsp3) is 0.571. The van der Waals surface area contributed by atoms with Crippen molar-refractivity contribution in [2.24, 2.45) is 5.73 Å². The summed E-state index contributed by atoms with van der Waals surface area (Å²) in [5, 5.41) is 3.01. The van der Waals surface area contributed by atoms with Gasteiger partial charge in [-0.2, -0.15) is 0 Å². The van der Waals surface area contributed by atoms with Gasteiger partial charge in [-0.05, 0) is 19.9 Å². The lowest BCUT2D eigenvalue weighted by molar-refractivity contribution is 0.539. The standard InChI is InChI=1S/C7H13N3O/c1-6-5-10-7(11-6)9-4-2-3-8/h5H,2-4,8H2,1H3,(H,9,10). The lowest BCUT2D eigenvalue weighted by atomic mass is 10.4. The van der Waals surface area contributed by atoms with Gasteiger partial charge in [-0.3, -0.25) is 0 Å². The van der Waals surface area contributed by atoms with Crippen molar-refractivity contribution < 1.29 is 4.42 Å². The molecule has 0 aromatic carbocycles. The van der Waals surface area contributed by atoms with Gasteiger partial charge in [-0.15, -0.1) is 0 Å². The Labute approximate surface area is 65.8 Å². The number of nitrogens with one attached hydrogen (secondary N) is 1. The van der Waals surface area contributed by atoms with Crippen LogP contribution in [0.25, 0.3) is 0 Å². The van der Waals surface area contributed by atoms with Crippen molar-refractivity contribution in [3.8, 4) is 0 Å². The minimum Gasteiger partial charge on any atom is -0.429 e. The molecular weight excluding hydrogens is 142 g/mol. The Kier molecular flexibility index (Phi) is 2.92. The summed E-state index contributed by atoms with van der Waals surface area (Å²) in [6, 6.07) is 0.580. The van der Waals surface area contributed by atoms with Crippen LogP contribution in [0.1, 0.15) is 12.2 Å². The lowest BCUT2D eigenvalue weighted by Crippen LogP contribution is -2.08. The number of nitrogens with two attached hydrogens (primary N) is 1. The third kappa shape index (κ3) is 2.59. The number of rotatable bonds is 4. The van der Waals surface area contributed by atoms with E-state index in [1.54, 1.807) is 6.20 Å². The molecule has 0 aliphatic carbocycles. The first-order valence-corrected chi connectivity index (χ1v) is 3.69. The highest BCUT2D eigenvalue weighted by molar-refractivity contribution is 5.19. The molecule has 0 atom stereocenters. The van der Waals surface area contributed by atoms with E-state index in [1.807, 2.05) is 6.92 Å². The summed E-state index contributed by atoms with van der Waals surface area (Å²) in [7, 11) is 0. The number of oxazole rings is 1. The van der Waals surface area contributed by atoms with E-state index in [0.29, 0.717) is 12.6 Å². The summed E-state index contributed by atoms with van der Waals surface area (Å²) in [6.07, 6.45) is 2.62. The van der Waals surface area contributed by atoms with Gasteiger partial charge in [0.05, 0.1) is 6.20 Å². The molecule has 11 heavy (non-hydrogen) atoms. The maximum atomic E-state index is 5.31. The first-order chi connectivity index (χ1) is 5.33. The number of hydrogen-bond donors (Lipinski definition) is 2. The van der Waals surface area contributed by atoms with Crippen molar-refractivity contribution in [1.29, 1.82) is 0 Å². The fourth-order valence-corrected chi connectivity index (χ4v) is 0.734. The Morgan fingerprint density at radius 3 is 3.09 bits per heavy atom. The number of aryl methyl sites for hydroxylation is 1. The van der Waals surface area contributed by atoms with Gasteiger partial charge in [0.25, 0.3) is 6.01 Å². The molecule has 0 amide bonds. The topological polar surface area (TPSA) is 64.1 Å². The molecule has 0 aliphatic heterocycles. The molecule has 0 unspecified atom stereocenters. The van der Waals surface area contributed by atoms with Gasteiger partial charge in [-0.1, -0.05) is 0 Å². The Hall–Kier alpha value is -1.03. The molecule has 4 heteroatoms. The zero-order valence-electron chi connectivity index (χ0n) is 6.63. The van der Waals surface area contributed by atoms with E-state index in [-0.39, 0.29) is 0 Å². The van der Waals surface area contributed by atoms with E-state index in [9.17, 15) is 0 Å². The van der Waals surface area contributed by atoms with Crippen LogP contribution in [0.2, 0.25) is 0 Å². The number of aromatic nitrogens is 1. The van der Waals surface area contributed by atoms with E-state index in [2.05, 4.69) is 10.3 Å². The van der Waals surface area contributed by atoms with E-state index >= 15 is 0 Å². The number of nitrogens with zero attached hydrogens (tertiary/aromatic N) is 1. The molecule has 0 bridgehead atoms. The summed E-state index contributed by atoms with van der Waals surface area (Å²) >= 11 is 0. The van der Waals surface area contributed by atoms with Crippen LogP contribution in [0.3, 0.4) is 0 Å². The van der Waals surface area contributed by atoms with E-state index < -0.39 is 0 Å². The van der Waals surface area contributed by atoms with Crippen molar-refractivity contribution in [1.82, 2.24) is 4.98 Å². The second-order valence-electron chi connectivity index (χ2n) is 2.35. The molecule has 4 nitrogen and oxygen atoms in total. The van der Waals surface area contributed by atoms with Gasteiger partial charge in [0.15, 0.2) is 0 Å². The predicted molar refractivity (Wildman–Crippen MR) is 43.4 cm³/mol. The van der Waals surface area contributed by atoms with Crippen molar-refractivity contribution in [3.05, 3.63) is 12.0 Å². The molecule has 1 heterocycles. The molecular formula is C7H13N3O. The molecule has 1 rings (SSSR count). The SMILES string of the molecule is Cc1cnc(NCCCN)o1. The van der Waals surface area contributed by atoms with Crippen LogP contribution < -0.4 is 11.1 Å². The van der Waals surface area contributed by atoms with Gasteiger partial charge in [0.1, 0.15) is 5.76 Å². The van der Waals surface area contributed by atoms with Crippen LogP contribution in [0.5, 0.6) is 0 Å². The Bertz CT molecular complexity index is 209. The summed E-state index contributed by atoms with van der Waals surface area (Å²) in [5.41, 5.74) is 5.31. The highest BCUT2D eigenvalue weighted by Gasteiger charge is 1.96. The van der Waals surface area contributed by atoms with Crippen LogP contribution in [0.15, 0.2) is 10.6 Å². The van der Waals surface area contributed by atoms with E-state index in [1.165, 1.54) is 0 Å². The largest absolute Gasteiger partial charge is 0.429 e. The molecule has 0 saturated heterocycles. The summed E-state index contributed by atoms with van der Waals surface area (Å²) in [6.45, 7) is 3.37. The van der Waals surface area contributed by atoms with Crippen molar-refractivity contribution in [2.75, 3.05) is 18.4 Å². The van der Waals surface area contributed by atoms with Crippen LogP contribution in [0.4, 0.5) is 6.01 Å². The molecule has 0 spiro atoms.